The van der Waals surface area contributed by atoms with Crippen LogP contribution in [0.4, 0.5) is 10.1 Å². The summed E-state index contributed by atoms with van der Waals surface area (Å²) in [4.78, 5) is 29.4. The maximum absolute atomic E-state index is 13.5. The summed E-state index contributed by atoms with van der Waals surface area (Å²) in [5, 5.41) is 2.89. The number of hydrogen-bond donors (Lipinski definition) is 1. The summed E-state index contributed by atoms with van der Waals surface area (Å²) >= 11 is 0. The summed E-state index contributed by atoms with van der Waals surface area (Å²) < 4.78 is 24.6. The molecule has 2 heterocycles. The van der Waals surface area contributed by atoms with Crippen LogP contribution in [0.1, 0.15) is 12.0 Å². The van der Waals surface area contributed by atoms with Crippen molar-refractivity contribution in [3.05, 3.63) is 65.7 Å². The molecule has 32 heavy (non-hydrogen) atoms. The highest BCUT2D eigenvalue weighted by Crippen LogP contribution is 2.35. The number of carbonyl (C=O) groups is 2. The standard InChI is InChI=1S/C24H26FN3O4/c25-19-6-3-5-18(15-19)16-22-24(30)28(20-7-1-2-8-21(20)32-22)17-23(29)26-9-4-10-27-11-13-31-14-12-27/h1-3,5-8,15-16H,4,9-14,17H2,(H,26,29)/b22-16+. The molecule has 2 aromatic carbocycles. The average molecular weight is 439 g/mol. The van der Waals surface area contributed by atoms with Crippen molar-refractivity contribution in [2.75, 3.05) is 50.8 Å². The van der Waals surface area contributed by atoms with E-state index in [9.17, 15) is 14.0 Å². The summed E-state index contributed by atoms with van der Waals surface area (Å²) in [6.07, 6.45) is 2.30. The van der Waals surface area contributed by atoms with E-state index in [2.05, 4.69) is 10.2 Å². The molecule has 0 aliphatic carbocycles. The Balaban J connectivity index is 1.41. The highest BCUT2D eigenvalue weighted by atomic mass is 19.1. The first kappa shape index (κ1) is 22.0. The van der Waals surface area contributed by atoms with Crippen LogP contribution in [0.3, 0.4) is 0 Å². The molecular weight excluding hydrogens is 413 g/mol. The molecule has 4 rings (SSSR count). The van der Waals surface area contributed by atoms with Gasteiger partial charge in [0, 0.05) is 19.6 Å². The predicted molar refractivity (Wildman–Crippen MR) is 119 cm³/mol. The molecule has 1 N–H and O–H groups in total. The number of amides is 2. The second kappa shape index (κ2) is 10.4. The number of benzene rings is 2. The van der Waals surface area contributed by atoms with Gasteiger partial charge in [0.15, 0.2) is 11.5 Å². The van der Waals surface area contributed by atoms with E-state index < -0.39 is 11.7 Å². The van der Waals surface area contributed by atoms with Crippen molar-refractivity contribution in [1.82, 2.24) is 10.2 Å². The molecule has 8 heteroatoms. The number of rotatable bonds is 7. The molecule has 0 bridgehead atoms. The molecular formula is C24H26FN3O4. The van der Waals surface area contributed by atoms with Crippen LogP contribution in [0.15, 0.2) is 54.3 Å². The van der Waals surface area contributed by atoms with E-state index in [-0.39, 0.29) is 18.2 Å². The van der Waals surface area contributed by atoms with E-state index in [1.165, 1.54) is 23.1 Å². The topological polar surface area (TPSA) is 71.1 Å². The molecule has 1 saturated heterocycles. The summed E-state index contributed by atoms with van der Waals surface area (Å²) in [7, 11) is 0. The summed E-state index contributed by atoms with van der Waals surface area (Å²) in [5.41, 5.74) is 1.03. The van der Waals surface area contributed by atoms with E-state index in [0.29, 0.717) is 23.5 Å². The van der Waals surface area contributed by atoms with Gasteiger partial charge in [-0.25, -0.2) is 4.39 Å². The lowest BCUT2D eigenvalue weighted by Crippen LogP contribution is -2.44. The van der Waals surface area contributed by atoms with Gasteiger partial charge in [0.05, 0.1) is 18.9 Å². The fourth-order valence-electron chi connectivity index (χ4n) is 3.72. The molecule has 7 nitrogen and oxygen atoms in total. The number of fused-ring (bicyclic) bond motifs is 1. The summed E-state index contributed by atoms with van der Waals surface area (Å²) in [6.45, 7) is 4.61. The number of halogens is 1. The Kier molecular flexibility index (Phi) is 7.14. The van der Waals surface area contributed by atoms with E-state index in [1.807, 2.05) is 0 Å². The Morgan fingerprint density at radius 2 is 1.94 bits per heavy atom. The number of para-hydroxylation sites is 2. The average Bonchev–Trinajstić information content (AvgIpc) is 2.80. The first-order valence-electron chi connectivity index (χ1n) is 10.7. The van der Waals surface area contributed by atoms with E-state index >= 15 is 0 Å². The Hall–Kier alpha value is -3.23. The van der Waals surface area contributed by atoms with Crippen LogP contribution >= 0.6 is 0 Å². The molecule has 0 atom stereocenters. The summed E-state index contributed by atoms with van der Waals surface area (Å²) in [6, 6.07) is 12.9. The fraction of sp³-hybridized carbons (Fsp3) is 0.333. The molecule has 2 aliphatic rings. The number of morpholine rings is 1. The van der Waals surface area contributed by atoms with Crippen LogP contribution in [-0.4, -0.2) is 62.7 Å². The Labute approximate surface area is 186 Å². The lowest BCUT2D eigenvalue weighted by atomic mass is 10.1. The van der Waals surface area contributed by atoms with Crippen molar-refractivity contribution < 1.29 is 23.5 Å². The Morgan fingerprint density at radius 1 is 1.12 bits per heavy atom. The van der Waals surface area contributed by atoms with Crippen LogP contribution in [0.2, 0.25) is 0 Å². The molecule has 2 aromatic rings. The van der Waals surface area contributed by atoms with Gasteiger partial charge in [-0.3, -0.25) is 19.4 Å². The molecule has 2 aliphatic heterocycles. The lowest BCUT2D eigenvalue weighted by Gasteiger charge is -2.30. The third-order valence-corrected chi connectivity index (χ3v) is 5.36. The molecule has 0 radical (unpaired) electrons. The number of carbonyl (C=O) groups excluding carboxylic acids is 2. The lowest BCUT2D eigenvalue weighted by molar-refractivity contribution is -0.123. The molecule has 2 amide bonds. The van der Waals surface area contributed by atoms with E-state index in [0.717, 1.165) is 39.3 Å². The molecule has 0 saturated carbocycles. The van der Waals surface area contributed by atoms with Gasteiger partial charge in [0.25, 0.3) is 5.91 Å². The zero-order valence-electron chi connectivity index (χ0n) is 17.8. The first-order valence-corrected chi connectivity index (χ1v) is 10.7. The van der Waals surface area contributed by atoms with Crippen LogP contribution in [0.25, 0.3) is 6.08 Å². The SMILES string of the molecule is O=C(CN1C(=O)/C(=C\c2cccc(F)c2)Oc2ccccc21)NCCCN1CCOCC1. The van der Waals surface area contributed by atoms with Crippen LogP contribution < -0.4 is 15.0 Å². The van der Waals surface area contributed by atoms with Gasteiger partial charge in [-0.15, -0.1) is 0 Å². The number of hydrogen-bond acceptors (Lipinski definition) is 5. The van der Waals surface area contributed by atoms with Crippen molar-refractivity contribution in [1.29, 1.82) is 0 Å². The van der Waals surface area contributed by atoms with Crippen molar-refractivity contribution in [2.24, 2.45) is 0 Å². The van der Waals surface area contributed by atoms with Crippen LogP contribution in [-0.2, 0) is 14.3 Å². The maximum Gasteiger partial charge on any atom is 0.294 e. The van der Waals surface area contributed by atoms with Crippen molar-refractivity contribution in [3.8, 4) is 5.75 Å². The molecule has 0 spiro atoms. The van der Waals surface area contributed by atoms with Gasteiger partial charge < -0.3 is 14.8 Å². The molecule has 0 aromatic heterocycles. The number of anilines is 1. The molecule has 0 unspecified atom stereocenters. The van der Waals surface area contributed by atoms with Crippen molar-refractivity contribution in [2.45, 2.75) is 6.42 Å². The van der Waals surface area contributed by atoms with Crippen LogP contribution in [0.5, 0.6) is 5.75 Å². The summed E-state index contributed by atoms with van der Waals surface area (Å²) in [5.74, 6) is -0.598. The Bertz CT molecular complexity index is 1000. The number of ether oxygens (including phenoxy) is 2. The van der Waals surface area contributed by atoms with Gasteiger partial charge in [0.2, 0.25) is 5.91 Å². The highest BCUT2D eigenvalue weighted by molar-refractivity contribution is 6.12. The Morgan fingerprint density at radius 3 is 2.75 bits per heavy atom. The minimum Gasteiger partial charge on any atom is -0.449 e. The van der Waals surface area contributed by atoms with Crippen molar-refractivity contribution in [3.63, 3.8) is 0 Å². The van der Waals surface area contributed by atoms with Gasteiger partial charge in [-0.2, -0.15) is 0 Å². The first-order chi connectivity index (χ1) is 15.6. The van der Waals surface area contributed by atoms with Gasteiger partial charge in [0.1, 0.15) is 12.4 Å². The van der Waals surface area contributed by atoms with E-state index in [1.54, 1.807) is 36.4 Å². The number of nitrogens with one attached hydrogen (secondary N) is 1. The van der Waals surface area contributed by atoms with Gasteiger partial charge >= 0.3 is 0 Å². The zero-order chi connectivity index (χ0) is 22.3. The monoisotopic (exact) mass is 439 g/mol. The molecule has 1 fully saturated rings. The smallest absolute Gasteiger partial charge is 0.294 e. The minimum atomic E-state index is -0.448. The zero-order valence-corrected chi connectivity index (χ0v) is 17.8. The quantitative estimate of drug-likeness (QED) is 0.530. The van der Waals surface area contributed by atoms with Crippen molar-refractivity contribution >= 4 is 23.6 Å². The maximum atomic E-state index is 13.5. The second-order valence-corrected chi connectivity index (χ2v) is 7.68. The van der Waals surface area contributed by atoms with E-state index in [4.69, 9.17) is 9.47 Å². The van der Waals surface area contributed by atoms with Gasteiger partial charge in [-0.1, -0.05) is 24.3 Å². The third kappa shape index (κ3) is 5.52. The third-order valence-electron chi connectivity index (χ3n) is 5.36. The second-order valence-electron chi connectivity index (χ2n) is 7.68. The minimum absolute atomic E-state index is 0.0365. The van der Waals surface area contributed by atoms with Gasteiger partial charge in [-0.05, 0) is 48.9 Å². The molecule has 168 valence electrons. The van der Waals surface area contributed by atoms with Crippen LogP contribution in [0, 0.1) is 5.82 Å². The predicted octanol–water partition coefficient (Wildman–Crippen LogP) is 2.43. The largest absolute Gasteiger partial charge is 0.449 e. The highest BCUT2D eigenvalue weighted by Gasteiger charge is 2.31. The fourth-order valence-corrected chi connectivity index (χ4v) is 3.72. The normalized spacial score (nSPS) is 17.7. The number of nitrogens with zero attached hydrogens (tertiary/aromatic N) is 2.